The van der Waals surface area contributed by atoms with E-state index in [4.69, 9.17) is 9.26 Å². The first-order valence-corrected chi connectivity index (χ1v) is 9.69. The average Bonchev–Trinajstić information content (AvgIpc) is 3.49. The summed E-state index contributed by atoms with van der Waals surface area (Å²) in [5, 5.41) is 4.95. The van der Waals surface area contributed by atoms with E-state index in [1.807, 2.05) is 42.5 Å². The Bertz CT molecular complexity index is 1110. The van der Waals surface area contributed by atoms with Crippen LogP contribution in [0.2, 0.25) is 0 Å². The van der Waals surface area contributed by atoms with E-state index in [9.17, 15) is 4.79 Å². The molecule has 0 radical (unpaired) electrons. The number of ether oxygens (including phenoxy) is 1. The van der Waals surface area contributed by atoms with E-state index < -0.39 is 0 Å². The molecule has 1 aliphatic rings. The maximum Gasteiger partial charge on any atom is 0.254 e. The molecule has 1 amide bonds. The lowest BCUT2D eigenvalue weighted by Crippen LogP contribution is -2.30. The number of nitrogens with zero attached hydrogens (tertiary/aromatic N) is 4. The molecule has 5 rings (SSSR count). The summed E-state index contributed by atoms with van der Waals surface area (Å²) < 4.78 is 19.3. The number of benzene rings is 2. The zero-order valence-corrected chi connectivity index (χ0v) is 15.6. The molecule has 8 heteroatoms. The molecule has 2 aromatic heterocycles. The van der Waals surface area contributed by atoms with Crippen LogP contribution in [0.5, 0.6) is 5.88 Å². The summed E-state index contributed by atoms with van der Waals surface area (Å²) in [6, 6.07) is 15.2. The second-order valence-electron chi connectivity index (χ2n) is 6.64. The smallest absolute Gasteiger partial charge is 0.254 e. The van der Waals surface area contributed by atoms with Crippen molar-refractivity contribution >= 4 is 28.5 Å². The molecule has 0 N–H and O–H groups in total. The zero-order valence-electron chi connectivity index (χ0n) is 14.8. The van der Waals surface area contributed by atoms with Gasteiger partial charge in [-0.05, 0) is 18.2 Å². The molecule has 1 saturated heterocycles. The van der Waals surface area contributed by atoms with Gasteiger partial charge in [-0.2, -0.15) is 4.37 Å². The third kappa shape index (κ3) is 3.11. The first-order chi connectivity index (χ1) is 13.8. The van der Waals surface area contributed by atoms with Crippen LogP contribution >= 0.6 is 11.7 Å². The van der Waals surface area contributed by atoms with E-state index in [1.165, 1.54) is 0 Å². The highest BCUT2D eigenvalue weighted by atomic mass is 32.1. The van der Waals surface area contributed by atoms with Gasteiger partial charge in [0.2, 0.25) is 5.88 Å². The number of carbonyl (C=O) groups excluding carboxylic acids is 1. The second kappa shape index (κ2) is 7.05. The van der Waals surface area contributed by atoms with Crippen molar-refractivity contribution in [3.05, 3.63) is 60.3 Å². The summed E-state index contributed by atoms with van der Waals surface area (Å²) in [6.07, 6.45) is 2.31. The topological polar surface area (TPSA) is 81.4 Å². The summed E-state index contributed by atoms with van der Waals surface area (Å²) in [5.41, 5.74) is 2.28. The highest BCUT2D eigenvalue weighted by molar-refractivity contribution is 6.99. The summed E-state index contributed by atoms with van der Waals surface area (Å²) in [5.74, 6) is 1.16. The van der Waals surface area contributed by atoms with Crippen LogP contribution < -0.4 is 4.74 Å². The van der Waals surface area contributed by atoms with Gasteiger partial charge in [0.1, 0.15) is 17.8 Å². The number of hydrogen-bond donors (Lipinski definition) is 0. The van der Waals surface area contributed by atoms with Crippen LogP contribution in [0.25, 0.3) is 22.2 Å². The quantitative estimate of drug-likeness (QED) is 0.527. The largest absolute Gasteiger partial charge is 0.471 e. The Morgan fingerprint density at radius 1 is 1.21 bits per heavy atom. The van der Waals surface area contributed by atoms with E-state index >= 15 is 0 Å². The van der Waals surface area contributed by atoms with Gasteiger partial charge in [0.15, 0.2) is 5.76 Å². The highest BCUT2D eigenvalue weighted by Gasteiger charge is 2.29. The van der Waals surface area contributed by atoms with Gasteiger partial charge in [-0.15, -0.1) is 4.37 Å². The molecule has 0 aliphatic carbocycles. The zero-order chi connectivity index (χ0) is 18.9. The first-order valence-electron chi connectivity index (χ1n) is 8.96. The lowest BCUT2D eigenvalue weighted by molar-refractivity contribution is 0.0771. The molecule has 1 aliphatic heterocycles. The van der Waals surface area contributed by atoms with Gasteiger partial charge in [0.05, 0.1) is 23.7 Å². The molecule has 7 nitrogen and oxygen atoms in total. The molecule has 0 spiro atoms. The minimum Gasteiger partial charge on any atom is -0.471 e. The van der Waals surface area contributed by atoms with Crippen molar-refractivity contribution < 1.29 is 14.1 Å². The van der Waals surface area contributed by atoms with E-state index in [2.05, 4.69) is 13.9 Å². The van der Waals surface area contributed by atoms with Gasteiger partial charge >= 0.3 is 0 Å². The van der Waals surface area contributed by atoms with Gasteiger partial charge in [-0.1, -0.05) is 35.5 Å². The normalized spacial score (nSPS) is 16.6. The van der Waals surface area contributed by atoms with Crippen molar-refractivity contribution in [3.8, 4) is 17.2 Å². The number of likely N-dealkylation sites (tertiary alicyclic amines) is 1. The van der Waals surface area contributed by atoms with E-state index in [0.717, 1.165) is 34.6 Å². The molecule has 4 aromatic rings. The van der Waals surface area contributed by atoms with Crippen LogP contribution in [0.3, 0.4) is 0 Å². The number of aromatic nitrogens is 3. The molecule has 1 unspecified atom stereocenters. The fraction of sp³-hybridized carbons (Fsp3) is 0.200. The highest BCUT2D eigenvalue weighted by Crippen LogP contribution is 2.30. The number of rotatable bonds is 4. The van der Waals surface area contributed by atoms with E-state index in [1.54, 1.807) is 17.2 Å². The minimum atomic E-state index is -0.0629. The van der Waals surface area contributed by atoms with Crippen LogP contribution in [-0.2, 0) is 0 Å². The summed E-state index contributed by atoms with van der Waals surface area (Å²) >= 11 is 1.11. The number of fused-ring (bicyclic) bond motifs is 1. The van der Waals surface area contributed by atoms with Gasteiger partial charge < -0.3 is 14.2 Å². The van der Waals surface area contributed by atoms with Crippen molar-refractivity contribution in [2.24, 2.45) is 0 Å². The fourth-order valence-electron chi connectivity index (χ4n) is 3.44. The Kier molecular flexibility index (Phi) is 4.25. The lowest BCUT2D eigenvalue weighted by atomic mass is 10.1. The summed E-state index contributed by atoms with van der Waals surface area (Å²) in [7, 11) is 0. The number of amides is 1. The molecule has 140 valence electrons. The predicted molar refractivity (Wildman–Crippen MR) is 104 cm³/mol. The van der Waals surface area contributed by atoms with Crippen LogP contribution in [0.4, 0.5) is 0 Å². The fourth-order valence-corrected chi connectivity index (χ4v) is 3.80. The van der Waals surface area contributed by atoms with Crippen molar-refractivity contribution in [1.29, 1.82) is 0 Å². The average molecular weight is 392 g/mol. The predicted octanol–water partition coefficient (Wildman–Crippen LogP) is 3.64. The van der Waals surface area contributed by atoms with Crippen LogP contribution in [0, 0.1) is 0 Å². The van der Waals surface area contributed by atoms with E-state index in [0.29, 0.717) is 30.3 Å². The van der Waals surface area contributed by atoms with Crippen LogP contribution in [0.1, 0.15) is 16.8 Å². The Labute approximate surface area is 164 Å². The first kappa shape index (κ1) is 16.9. The lowest BCUT2D eigenvalue weighted by Gasteiger charge is -2.16. The molecular formula is C20H16N4O3S. The van der Waals surface area contributed by atoms with Gasteiger partial charge in [-0.25, -0.2) is 0 Å². The maximum absolute atomic E-state index is 13.0. The van der Waals surface area contributed by atoms with Crippen molar-refractivity contribution in [1.82, 2.24) is 18.8 Å². The third-order valence-corrected chi connectivity index (χ3v) is 5.28. The Hall–Kier alpha value is -3.26. The summed E-state index contributed by atoms with van der Waals surface area (Å²) in [4.78, 5) is 14.8. The minimum absolute atomic E-state index is 0.0235. The number of hydrogen-bond acceptors (Lipinski definition) is 7. The maximum atomic E-state index is 13.0. The molecule has 1 fully saturated rings. The van der Waals surface area contributed by atoms with Crippen molar-refractivity contribution in [2.45, 2.75) is 12.5 Å². The van der Waals surface area contributed by atoms with Gasteiger partial charge in [-0.3, -0.25) is 4.79 Å². The molecule has 2 aromatic carbocycles. The Morgan fingerprint density at radius 2 is 2.11 bits per heavy atom. The van der Waals surface area contributed by atoms with Gasteiger partial charge in [0, 0.05) is 24.1 Å². The van der Waals surface area contributed by atoms with Crippen molar-refractivity contribution in [3.63, 3.8) is 0 Å². The monoisotopic (exact) mass is 392 g/mol. The molecule has 3 heterocycles. The van der Waals surface area contributed by atoms with Crippen LogP contribution in [-0.4, -0.2) is 43.9 Å². The van der Waals surface area contributed by atoms with E-state index in [-0.39, 0.29) is 12.0 Å². The van der Waals surface area contributed by atoms with Crippen molar-refractivity contribution in [2.75, 3.05) is 13.1 Å². The Balaban J connectivity index is 1.38. The number of carbonyl (C=O) groups is 1. The molecule has 0 saturated carbocycles. The summed E-state index contributed by atoms with van der Waals surface area (Å²) in [6.45, 7) is 1.18. The van der Waals surface area contributed by atoms with Crippen LogP contribution in [0.15, 0.2) is 59.3 Å². The third-order valence-electron chi connectivity index (χ3n) is 4.82. The second-order valence-corrected chi connectivity index (χ2v) is 7.19. The van der Waals surface area contributed by atoms with Gasteiger partial charge in [0.25, 0.3) is 5.91 Å². The molecular weight excluding hydrogens is 376 g/mol. The molecule has 1 atom stereocenters. The SMILES string of the molecule is O=C(c1ccc2noc(-c3ccccc3)c2c1)N1CCC(Oc2cnsn2)C1. The molecule has 0 bridgehead atoms. The standard InChI is InChI=1S/C20H16N4O3S/c25-20(24-9-8-15(12-24)26-18-11-21-28-23-18)14-6-7-17-16(10-14)19(27-22-17)13-4-2-1-3-5-13/h1-7,10-11,15H,8-9,12H2. The Morgan fingerprint density at radius 3 is 2.93 bits per heavy atom. The molecule has 28 heavy (non-hydrogen) atoms.